The number of fused-ring (bicyclic) bond motifs is 2. The fourth-order valence-electron chi connectivity index (χ4n) is 12.2. The maximum Gasteiger partial charge on any atom is 0.416 e. The van der Waals surface area contributed by atoms with Crippen molar-refractivity contribution in [2.45, 2.75) is 75.0 Å². The van der Waals surface area contributed by atoms with Crippen molar-refractivity contribution < 1.29 is 40.7 Å². The first-order valence-corrected chi connectivity index (χ1v) is 26.9. The Hall–Kier alpha value is -5.43. The second kappa shape index (κ2) is 22.1. The number of likely N-dealkylation sites (tertiary alicyclic amines) is 2. The minimum Gasteiger partial charge on any atom is -0.345 e. The van der Waals surface area contributed by atoms with Crippen LogP contribution < -0.4 is 0 Å². The molecule has 0 spiro atoms. The van der Waals surface area contributed by atoms with Gasteiger partial charge in [-0.1, -0.05) is 71.7 Å². The molecule has 6 aromatic rings. The summed E-state index contributed by atoms with van der Waals surface area (Å²) in [5.74, 6) is -1.23. The van der Waals surface area contributed by atoms with E-state index >= 15 is 4.79 Å². The van der Waals surface area contributed by atoms with Gasteiger partial charge >= 0.3 is 12.4 Å². The van der Waals surface area contributed by atoms with Crippen LogP contribution >= 0.6 is 23.2 Å². The topological polar surface area (TPSA) is 80.5 Å². The fourth-order valence-corrected chi connectivity index (χ4v) is 12.5. The van der Waals surface area contributed by atoms with Crippen molar-refractivity contribution in [2.75, 3.05) is 92.6 Å². The Morgan fingerprint density at radius 1 is 0.513 bits per heavy atom. The van der Waals surface area contributed by atoms with Crippen LogP contribution in [0.15, 0.2) is 97.3 Å². The zero-order valence-electron chi connectivity index (χ0n) is 42.6. The second-order valence-corrected chi connectivity index (χ2v) is 22.0. The molecule has 4 saturated heterocycles. The smallest absolute Gasteiger partial charge is 0.345 e. The monoisotopic (exact) mass is 1090 g/mol. The lowest BCUT2D eigenvalue weighted by Gasteiger charge is -2.42. The summed E-state index contributed by atoms with van der Waals surface area (Å²) in [6, 6.07) is 20.7. The van der Waals surface area contributed by atoms with Crippen molar-refractivity contribution in [3.05, 3.63) is 141 Å². The zero-order valence-corrected chi connectivity index (χ0v) is 44.1. The molecule has 4 aliphatic rings. The third-order valence-corrected chi connectivity index (χ3v) is 16.9. The summed E-state index contributed by atoms with van der Waals surface area (Å²) in [5.41, 5.74) is 1.40. The molecule has 19 heteroatoms. The number of hydrogen-bond donors (Lipinski definition) is 0. The van der Waals surface area contributed by atoms with E-state index in [1.807, 2.05) is 21.3 Å². The van der Waals surface area contributed by atoms with Gasteiger partial charge in [0.25, 0.3) is 11.8 Å². The van der Waals surface area contributed by atoms with Gasteiger partial charge in [-0.2, -0.15) is 26.3 Å². The van der Waals surface area contributed by atoms with E-state index in [0.717, 1.165) is 38.3 Å². The Morgan fingerprint density at radius 2 is 0.868 bits per heavy atom. The Morgan fingerprint density at radius 3 is 1.22 bits per heavy atom. The molecular formula is C57H62Cl2F6N8O3. The van der Waals surface area contributed by atoms with Crippen molar-refractivity contribution in [1.82, 2.24) is 38.5 Å². The lowest BCUT2D eigenvalue weighted by molar-refractivity contribution is -0.139. The summed E-state index contributed by atoms with van der Waals surface area (Å²) in [4.78, 5) is 57.5. The molecule has 2 amide bonds. The number of hydrogen-bond acceptors (Lipinski definition) is 7. The van der Waals surface area contributed by atoms with Gasteiger partial charge in [-0.25, -0.2) is 0 Å². The van der Waals surface area contributed by atoms with Gasteiger partial charge in [-0.3, -0.25) is 24.2 Å². The van der Waals surface area contributed by atoms with Crippen LogP contribution in [0, 0.1) is 0 Å². The first-order valence-electron chi connectivity index (χ1n) is 26.2. The van der Waals surface area contributed by atoms with Gasteiger partial charge in [0.2, 0.25) is 0 Å². The largest absolute Gasteiger partial charge is 0.416 e. The molecule has 4 aromatic carbocycles. The van der Waals surface area contributed by atoms with Crippen LogP contribution in [0.2, 0.25) is 10.0 Å². The third-order valence-electron chi connectivity index (χ3n) is 16.5. The number of alkyl halides is 6. The predicted octanol–water partition coefficient (Wildman–Crippen LogP) is 10.5. The summed E-state index contributed by atoms with van der Waals surface area (Å²) < 4.78 is 88.1. The maximum atomic E-state index is 16.0. The first kappa shape index (κ1) is 53.9. The van der Waals surface area contributed by atoms with E-state index in [1.54, 1.807) is 58.6 Å². The van der Waals surface area contributed by atoms with E-state index in [2.05, 4.69) is 33.7 Å². The van der Waals surface area contributed by atoms with Crippen LogP contribution in [-0.4, -0.2) is 161 Å². The van der Waals surface area contributed by atoms with Crippen LogP contribution in [0.5, 0.6) is 0 Å². The number of carbonyl (C=O) groups excluding carboxylic acids is 3. The number of nitrogens with zero attached hydrogens (tertiary/aromatic N) is 8. The number of piperidine rings is 2. The quantitative estimate of drug-likeness (QED) is 0.113. The molecule has 10 rings (SSSR count). The van der Waals surface area contributed by atoms with Crippen LogP contribution in [0.25, 0.3) is 21.8 Å². The van der Waals surface area contributed by atoms with Crippen molar-refractivity contribution >= 4 is 62.6 Å². The van der Waals surface area contributed by atoms with Crippen LogP contribution in [-0.2, 0) is 30.2 Å². The van der Waals surface area contributed by atoms with E-state index in [1.165, 1.54) is 24.3 Å². The highest BCUT2D eigenvalue weighted by molar-refractivity contribution is 6.32. The summed E-state index contributed by atoms with van der Waals surface area (Å²) in [6.45, 7) is 6.84. The minimum absolute atomic E-state index is 0.0231. The number of aromatic nitrogens is 2. The Labute approximate surface area is 448 Å². The molecule has 2 atom stereocenters. The zero-order chi connectivity index (χ0) is 53.6. The number of piperazine rings is 2. The molecule has 0 N–H and O–H groups in total. The molecule has 0 radical (unpaired) electrons. The fraction of sp³-hybridized carbons (Fsp3) is 0.456. The molecular weight excluding hydrogens is 1030 g/mol. The normalized spacial score (nSPS) is 19.4. The number of carbonyl (C=O) groups is 3. The number of amides is 2. The van der Waals surface area contributed by atoms with Crippen LogP contribution in [0.1, 0.15) is 80.5 Å². The molecule has 0 aliphatic carbocycles. The molecule has 4 aliphatic heterocycles. The van der Waals surface area contributed by atoms with Gasteiger partial charge in [-0.05, 0) is 99.1 Å². The van der Waals surface area contributed by atoms with Gasteiger partial charge in [0.15, 0.2) is 5.78 Å². The third kappa shape index (κ3) is 11.3. The second-order valence-electron chi connectivity index (χ2n) is 21.1. The average Bonchev–Trinajstić information content (AvgIpc) is 3.95. The summed E-state index contributed by atoms with van der Waals surface area (Å²) in [5, 5.41) is 2.21. The number of Topliss-reactive ketones (excluding diaryl/α,β-unsaturated/α-hetero) is 1. The minimum atomic E-state index is -4.49. The van der Waals surface area contributed by atoms with E-state index in [-0.39, 0.29) is 79.8 Å². The van der Waals surface area contributed by atoms with Gasteiger partial charge in [0, 0.05) is 125 Å². The Balaban J connectivity index is 0.947. The predicted molar refractivity (Wildman–Crippen MR) is 283 cm³/mol. The van der Waals surface area contributed by atoms with Crippen molar-refractivity contribution in [3.8, 4) is 0 Å². The van der Waals surface area contributed by atoms with Crippen LogP contribution in [0.4, 0.5) is 26.3 Å². The average molecular weight is 1090 g/mol. The molecule has 0 saturated carbocycles. The molecule has 4 fully saturated rings. The SMILES string of the molecule is CN1CCN(C(Cn2cc(C(=O)N3CCC(c4ccccc4C(F)(F)F)CC3)c3ccc(Cl)cc32)C(=O)C(Cn2cc(C(=O)N3CCC(c4ccccc4C(F)(F)F)CC3)c3ccc(Cl)cc32)N2CCN(C)CC2)CC1. The summed E-state index contributed by atoms with van der Waals surface area (Å²) in [6.07, 6.45) is -3.89. The molecule has 6 heterocycles. The lowest BCUT2D eigenvalue weighted by Crippen LogP contribution is -2.60. The van der Waals surface area contributed by atoms with Gasteiger partial charge < -0.3 is 28.7 Å². The molecule has 76 heavy (non-hydrogen) atoms. The van der Waals surface area contributed by atoms with Crippen molar-refractivity contribution in [3.63, 3.8) is 0 Å². The van der Waals surface area contributed by atoms with Crippen molar-refractivity contribution in [1.29, 1.82) is 0 Å². The first-order chi connectivity index (χ1) is 36.3. The lowest BCUT2D eigenvalue weighted by atomic mass is 9.86. The molecule has 0 bridgehead atoms. The number of likely N-dealkylation sites (N-methyl/N-ethyl adjacent to an activating group) is 2. The van der Waals surface area contributed by atoms with E-state index < -0.39 is 35.6 Å². The highest BCUT2D eigenvalue weighted by atomic mass is 35.5. The van der Waals surface area contributed by atoms with E-state index in [0.29, 0.717) is 94.8 Å². The number of ketones is 1. The molecule has 2 aromatic heterocycles. The van der Waals surface area contributed by atoms with E-state index in [4.69, 9.17) is 23.2 Å². The summed E-state index contributed by atoms with van der Waals surface area (Å²) in [7, 11) is 4.10. The molecule has 2 unspecified atom stereocenters. The highest BCUT2D eigenvalue weighted by Gasteiger charge is 2.41. The van der Waals surface area contributed by atoms with Gasteiger partial charge in [-0.15, -0.1) is 0 Å². The van der Waals surface area contributed by atoms with Gasteiger partial charge in [0.1, 0.15) is 0 Å². The molecule has 11 nitrogen and oxygen atoms in total. The summed E-state index contributed by atoms with van der Waals surface area (Å²) >= 11 is 13.4. The standard InChI is InChI=1S/C57H62Cl2F6N8O3/c1-66-23-27-68(28-24-66)51(35-72-33-45(43-13-11-39(58)31-49(43)72)54(75)70-19-15-37(16-20-70)41-7-3-5-9-47(41)56(60,61)62)53(74)52(69-29-25-67(2)26-30-69)36-73-34-46(44-14-12-40(59)32-50(44)73)55(76)71-21-17-38(18-22-71)42-8-4-6-10-48(42)57(63,64)65/h3-14,31-34,37-38,51-52H,15-30,35-36H2,1-2H3. The number of rotatable bonds is 12. The van der Waals surface area contributed by atoms with Crippen molar-refractivity contribution in [2.24, 2.45) is 0 Å². The highest BCUT2D eigenvalue weighted by Crippen LogP contribution is 2.41. The Kier molecular flexibility index (Phi) is 15.7. The molecule has 404 valence electrons. The number of benzene rings is 4. The van der Waals surface area contributed by atoms with Gasteiger partial charge in [0.05, 0.1) is 45.4 Å². The van der Waals surface area contributed by atoms with Crippen LogP contribution in [0.3, 0.4) is 0 Å². The Bertz CT molecular complexity index is 2890. The van der Waals surface area contributed by atoms with E-state index in [9.17, 15) is 35.9 Å². The number of halogens is 8. The maximum absolute atomic E-state index is 16.0.